The molecule has 0 bridgehead atoms. The van der Waals surface area contributed by atoms with Crippen molar-refractivity contribution in [3.8, 4) is 5.75 Å². The smallest absolute Gasteiger partial charge is 0.308 e. The first-order chi connectivity index (χ1) is 11.9. The Labute approximate surface area is 145 Å². The molecular weight excluding hydrogens is 328 g/mol. The summed E-state index contributed by atoms with van der Waals surface area (Å²) in [7, 11) is 1.23. The van der Waals surface area contributed by atoms with E-state index in [2.05, 4.69) is 10.1 Å². The fourth-order valence-electron chi connectivity index (χ4n) is 2.47. The number of amides is 2. The second-order valence-electron chi connectivity index (χ2n) is 5.54. The van der Waals surface area contributed by atoms with E-state index >= 15 is 0 Å². The fourth-order valence-corrected chi connectivity index (χ4v) is 2.47. The maximum atomic E-state index is 12.4. The zero-order chi connectivity index (χ0) is 18.4. The van der Waals surface area contributed by atoms with Crippen LogP contribution in [0.3, 0.4) is 0 Å². The molecule has 8 nitrogen and oxygen atoms in total. The van der Waals surface area contributed by atoms with Crippen LogP contribution >= 0.6 is 0 Å². The largest absolute Gasteiger partial charge is 0.484 e. The van der Waals surface area contributed by atoms with E-state index in [1.54, 1.807) is 24.3 Å². The second kappa shape index (κ2) is 8.27. The number of Topliss-reactive ketones (excluding diaryl/α,β-unsaturated/α-hetero) is 1. The Hall–Kier alpha value is -2.90. The van der Waals surface area contributed by atoms with Crippen LogP contribution in [-0.2, 0) is 19.1 Å². The lowest BCUT2D eigenvalue weighted by Crippen LogP contribution is -2.58. The van der Waals surface area contributed by atoms with Crippen molar-refractivity contribution in [3.63, 3.8) is 0 Å². The van der Waals surface area contributed by atoms with Crippen molar-refractivity contribution in [2.75, 3.05) is 26.8 Å². The molecule has 1 aliphatic rings. The van der Waals surface area contributed by atoms with Crippen molar-refractivity contribution < 1.29 is 28.7 Å². The molecule has 1 heterocycles. The standard InChI is InChI=1S/C17H20N2O6/c1-11(20)12-3-5-13(6-4-12)25-10-15(21)19-8-7-18-17(23)14(19)9-16(22)24-2/h3-6,14H,7-10H2,1-2H3,(H,18,23). The first-order valence-electron chi connectivity index (χ1n) is 7.80. The number of carbonyl (C=O) groups is 4. The van der Waals surface area contributed by atoms with Crippen LogP contribution < -0.4 is 10.1 Å². The highest BCUT2D eigenvalue weighted by molar-refractivity contribution is 5.94. The summed E-state index contributed by atoms with van der Waals surface area (Å²) in [6.07, 6.45) is -0.207. The van der Waals surface area contributed by atoms with E-state index in [9.17, 15) is 19.2 Å². The summed E-state index contributed by atoms with van der Waals surface area (Å²) in [5.74, 6) is -0.993. The third kappa shape index (κ3) is 4.79. The maximum Gasteiger partial charge on any atom is 0.308 e. The van der Waals surface area contributed by atoms with Crippen molar-refractivity contribution >= 4 is 23.6 Å². The molecule has 8 heteroatoms. The van der Waals surface area contributed by atoms with Crippen LogP contribution in [0.2, 0.25) is 0 Å². The van der Waals surface area contributed by atoms with Gasteiger partial charge in [-0.2, -0.15) is 0 Å². The minimum atomic E-state index is -0.905. The van der Waals surface area contributed by atoms with Crippen molar-refractivity contribution in [3.05, 3.63) is 29.8 Å². The highest BCUT2D eigenvalue weighted by atomic mass is 16.5. The highest BCUT2D eigenvalue weighted by Gasteiger charge is 2.35. The third-order valence-electron chi connectivity index (χ3n) is 3.86. The predicted molar refractivity (Wildman–Crippen MR) is 87.1 cm³/mol. The number of carbonyl (C=O) groups excluding carboxylic acids is 4. The molecule has 25 heavy (non-hydrogen) atoms. The van der Waals surface area contributed by atoms with Crippen LogP contribution in [-0.4, -0.2) is 61.3 Å². The summed E-state index contributed by atoms with van der Waals surface area (Å²) < 4.78 is 9.99. The number of nitrogens with zero attached hydrogens (tertiary/aromatic N) is 1. The highest BCUT2D eigenvalue weighted by Crippen LogP contribution is 2.14. The molecule has 0 spiro atoms. The molecule has 1 aromatic rings. The minimum absolute atomic E-state index is 0.0624. The normalized spacial score (nSPS) is 16.8. The van der Waals surface area contributed by atoms with E-state index < -0.39 is 23.8 Å². The van der Waals surface area contributed by atoms with Gasteiger partial charge in [0.1, 0.15) is 11.8 Å². The number of rotatable bonds is 6. The molecule has 0 aromatic heterocycles. The van der Waals surface area contributed by atoms with Gasteiger partial charge in [-0.15, -0.1) is 0 Å². The van der Waals surface area contributed by atoms with Gasteiger partial charge < -0.3 is 19.7 Å². The van der Waals surface area contributed by atoms with Crippen LogP contribution in [0, 0.1) is 0 Å². The van der Waals surface area contributed by atoms with Crippen molar-refractivity contribution in [1.29, 1.82) is 0 Å². The van der Waals surface area contributed by atoms with Gasteiger partial charge in [0.05, 0.1) is 13.5 Å². The maximum absolute atomic E-state index is 12.4. The SMILES string of the molecule is COC(=O)CC1C(=O)NCCN1C(=O)COc1ccc(C(C)=O)cc1. The van der Waals surface area contributed by atoms with Crippen LogP contribution in [0.25, 0.3) is 0 Å². The van der Waals surface area contributed by atoms with E-state index in [1.165, 1.54) is 18.9 Å². The quantitative estimate of drug-likeness (QED) is 0.580. The third-order valence-corrected chi connectivity index (χ3v) is 3.86. The molecule has 1 aliphatic heterocycles. The number of ketones is 1. The summed E-state index contributed by atoms with van der Waals surface area (Å²) in [5, 5.41) is 2.62. The number of nitrogens with one attached hydrogen (secondary N) is 1. The van der Waals surface area contributed by atoms with Crippen molar-refractivity contribution in [1.82, 2.24) is 10.2 Å². The molecule has 2 rings (SSSR count). The topological polar surface area (TPSA) is 102 Å². The molecule has 1 N–H and O–H groups in total. The lowest BCUT2D eigenvalue weighted by Gasteiger charge is -2.34. The molecule has 1 saturated heterocycles. The van der Waals surface area contributed by atoms with Gasteiger partial charge in [0.15, 0.2) is 12.4 Å². The van der Waals surface area contributed by atoms with Crippen molar-refractivity contribution in [2.24, 2.45) is 0 Å². The minimum Gasteiger partial charge on any atom is -0.484 e. The van der Waals surface area contributed by atoms with E-state index in [-0.39, 0.29) is 18.8 Å². The Morgan fingerprint density at radius 2 is 1.92 bits per heavy atom. The number of piperazine rings is 1. The average Bonchev–Trinajstić information content (AvgIpc) is 2.61. The Bertz CT molecular complexity index is 670. The summed E-state index contributed by atoms with van der Waals surface area (Å²) in [4.78, 5) is 48.3. The zero-order valence-corrected chi connectivity index (χ0v) is 14.1. The number of hydrogen-bond donors (Lipinski definition) is 1. The van der Waals surface area contributed by atoms with Crippen LogP contribution in [0.15, 0.2) is 24.3 Å². The average molecular weight is 348 g/mol. The monoisotopic (exact) mass is 348 g/mol. The molecular formula is C17H20N2O6. The molecule has 1 atom stereocenters. The second-order valence-corrected chi connectivity index (χ2v) is 5.54. The van der Waals surface area contributed by atoms with Crippen LogP contribution in [0.1, 0.15) is 23.7 Å². The number of hydrogen-bond acceptors (Lipinski definition) is 6. The van der Waals surface area contributed by atoms with Crippen molar-refractivity contribution in [2.45, 2.75) is 19.4 Å². The molecule has 0 radical (unpaired) electrons. The first kappa shape index (κ1) is 18.4. The van der Waals surface area contributed by atoms with Gasteiger partial charge in [-0.25, -0.2) is 0 Å². The van der Waals surface area contributed by atoms with Gasteiger partial charge >= 0.3 is 5.97 Å². The molecule has 0 saturated carbocycles. The zero-order valence-electron chi connectivity index (χ0n) is 14.1. The number of ether oxygens (including phenoxy) is 2. The summed E-state index contributed by atoms with van der Waals surface area (Å²) in [5.41, 5.74) is 0.546. The number of methoxy groups -OCH3 is 1. The van der Waals surface area contributed by atoms with E-state index in [0.717, 1.165) is 0 Å². The van der Waals surface area contributed by atoms with Crippen LogP contribution in [0.4, 0.5) is 0 Å². The first-order valence-corrected chi connectivity index (χ1v) is 7.80. The lowest BCUT2D eigenvalue weighted by molar-refractivity contribution is -0.151. The fraction of sp³-hybridized carbons (Fsp3) is 0.412. The van der Waals surface area contributed by atoms with Gasteiger partial charge in [0.25, 0.3) is 5.91 Å². The predicted octanol–water partition coefficient (Wildman–Crippen LogP) is 0.158. The Morgan fingerprint density at radius 1 is 1.24 bits per heavy atom. The number of benzene rings is 1. The molecule has 2 amide bonds. The molecule has 1 aromatic carbocycles. The van der Waals surface area contributed by atoms with Crippen LogP contribution in [0.5, 0.6) is 5.75 Å². The Morgan fingerprint density at radius 3 is 2.52 bits per heavy atom. The summed E-state index contributed by atoms with van der Waals surface area (Å²) >= 11 is 0. The number of esters is 1. The molecule has 0 aliphatic carbocycles. The van der Waals surface area contributed by atoms with E-state index in [4.69, 9.17) is 4.74 Å². The summed E-state index contributed by atoms with van der Waals surface area (Å²) in [6.45, 7) is 1.79. The molecule has 134 valence electrons. The van der Waals surface area contributed by atoms with Gasteiger partial charge in [-0.3, -0.25) is 19.2 Å². The lowest BCUT2D eigenvalue weighted by atomic mass is 10.1. The summed E-state index contributed by atoms with van der Waals surface area (Å²) in [6, 6.07) is 5.50. The van der Waals surface area contributed by atoms with Gasteiger partial charge in [0, 0.05) is 18.7 Å². The molecule has 1 unspecified atom stereocenters. The van der Waals surface area contributed by atoms with Gasteiger partial charge in [-0.1, -0.05) is 0 Å². The Kier molecular flexibility index (Phi) is 6.10. The Balaban J connectivity index is 1.98. The van der Waals surface area contributed by atoms with E-state index in [1.807, 2.05) is 0 Å². The van der Waals surface area contributed by atoms with Gasteiger partial charge in [0.2, 0.25) is 5.91 Å². The molecule has 1 fully saturated rings. The van der Waals surface area contributed by atoms with Gasteiger partial charge in [-0.05, 0) is 31.2 Å². The van der Waals surface area contributed by atoms with E-state index in [0.29, 0.717) is 24.4 Å².